The van der Waals surface area contributed by atoms with Gasteiger partial charge in [-0.3, -0.25) is 14.5 Å². The molecule has 1 unspecified atom stereocenters. The van der Waals surface area contributed by atoms with Crippen LogP contribution in [0.5, 0.6) is 5.75 Å². The van der Waals surface area contributed by atoms with Gasteiger partial charge in [0.15, 0.2) is 5.75 Å². The highest BCUT2D eigenvalue weighted by atomic mass is 35.5. The molecule has 0 bridgehead atoms. The molecule has 1 aliphatic rings. The number of carbonyl (C=O) groups excluding carboxylic acids is 2. The number of anilines is 1. The number of hydrogen-bond acceptors (Lipinski definition) is 4. The number of hydrogen-bond donors (Lipinski definition) is 1. The van der Waals surface area contributed by atoms with Gasteiger partial charge in [-0.2, -0.15) is 0 Å². The van der Waals surface area contributed by atoms with E-state index >= 15 is 0 Å². The summed E-state index contributed by atoms with van der Waals surface area (Å²) in [6.07, 6.45) is 0. The Morgan fingerprint density at radius 1 is 0.889 bits per heavy atom. The van der Waals surface area contributed by atoms with Crippen LogP contribution in [0, 0.1) is 0 Å². The molecule has 0 spiro atoms. The highest BCUT2D eigenvalue weighted by molar-refractivity contribution is 6.52. The quantitative estimate of drug-likeness (QED) is 0.167. The van der Waals surface area contributed by atoms with Gasteiger partial charge in [-0.15, -0.1) is 0 Å². The molecule has 5 nitrogen and oxygen atoms in total. The molecule has 0 saturated carbocycles. The van der Waals surface area contributed by atoms with E-state index in [1.807, 2.05) is 42.5 Å². The second kappa shape index (κ2) is 9.51. The van der Waals surface area contributed by atoms with Crippen LogP contribution in [0.1, 0.15) is 17.2 Å². The van der Waals surface area contributed by atoms with Crippen molar-refractivity contribution in [2.45, 2.75) is 6.04 Å². The number of rotatable bonds is 4. The molecule has 180 valence electrons. The summed E-state index contributed by atoms with van der Waals surface area (Å²) in [4.78, 5) is 28.3. The Hall–Kier alpha value is -3.51. The third kappa shape index (κ3) is 3.99. The molecule has 0 aliphatic carbocycles. The Kier molecular flexibility index (Phi) is 6.39. The molecule has 8 heteroatoms. The molecule has 4 aromatic carbocycles. The lowest BCUT2D eigenvalue weighted by Gasteiger charge is -2.26. The van der Waals surface area contributed by atoms with Crippen LogP contribution in [0.2, 0.25) is 15.1 Å². The Bertz CT molecular complexity index is 1550. The van der Waals surface area contributed by atoms with Crippen molar-refractivity contribution < 1.29 is 19.4 Å². The first-order valence-corrected chi connectivity index (χ1v) is 12.0. The third-order valence-corrected chi connectivity index (χ3v) is 6.92. The maximum Gasteiger partial charge on any atom is 0.300 e. The van der Waals surface area contributed by atoms with Gasteiger partial charge in [0.05, 0.1) is 28.8 Å². The summed E-state index contributed by atoms with van der Waals surface area (Å²) in [7, 11) is 1.42. The SMILES string of the molecule is COc1c(Cl)cc(/C(O)=C2\C(=O)C(=O)N(c3cccc(Cl)c3)C2c2cccc3ccccc23)cc1Cl. The van der Waals surface area contributed by atoms with Crippen LogP contribution in [0.15, 0.2) is 84.4 Å². The minimum absolute atomic E-state index is 0.0892. The smallest absolute Gasteiger partial charge is 0.300 e. The van der Waals surface area contributed by atoms with E-state index in [0.717, 1.165) is 10.8 Å². The molecule has 36 heavy (non-hydrogen) atoms. The van der Waals surface area contributed by atoms with Crippen molar-refractivity contribution in [2.24, 2.45) is 0 Å². The molecule has 0 radical (unpaired) electrons. The van der Waals surface area contributed by atoms with Crippen molar-refractivity contribution in [3.8, 4) is 5.75 Å². The average molecular weight is 539 g/mol. The van der Waals surface area contributed by atoms with Gasteiger partial charge in [0.2, 0.25) is 0 Å². The van der Waals surface area contributed by atoms with Crippen molar-refractivity contribution in [3.63, 3.8) is 0 Å². The first kappa shape index (κ1) is 24.2. The fourth-order valence-corrected chi connectivity index (χ4v) is 5.38. The Morgan fingerprint density at radius 3 is 2.25 bits per heavy atom. The highest BCUT2D eigenvalue weighted by Gasteiger charge is 2.47. The number of ether oxygens (including phenoxy) is 1. The maximum absolute atomic E-state index is 13.5. The van der Waals surface area contributed by atoms with Gasteiger partial charge >= 0.3 is 0 Å². The zero-order chi connectivity index (χ0) is 25.6. The van der Waals surface area contributed by atoms with Gasteiger partial charge in [-0.25, -0.2) is 0 Å². The largest absolute Gasteiger partial charge is 0.507 e. The first-order chi connectivity index (χ1) is 17.3. The lowest BCUT2D eigenvalue weighted by atomic mass is 9.91. The van der Waals surface area contributed by atoms with Crippen molar-refractivity contribution >= 4 is 68.7 Å². The standard InChI is InChI=1S/C28H18Cl3NO4/c1-36-27-21(30)12-16(13-22(27)31)25(33)23-24(20-11-4-7-15-6-2-3-10-19(15)20)32(28(35)26(23)34)18-9-5-8-17(29)14-18/h2-14,24,33H,1H3/b25-23+. The minimum atomic E-state index is -0.936. The van der Waals surface area contributed by atoms with Gasteiger partial charge in [-0.05, 0) is 46.7 Å². The van der Waals surface area contributed by atoms with Crippen LogP contribution in [0.4, 0.5) is 5.69 Å². The number of halogens is 3. The highest BCUT2D eigenvalue weighted by Crippen LogP contribution is 2.45. The molecular formula is C28H18Cl3NO4. The van der Waals surface area contributed by atoms with Crippen molar-refractivity contribution in [3.05, 3.63) is 111 Å². The average Bonchev–Trinajstić information content (AvgIpc) is 3.13. The van der Waals surface area contributed by atoms with Gasteiger partial charge < -0.3 is 9.84 Å². The fourth-order valence-electron chi connectivity index (χ4n) is 4.56. The number of aliphatic hydroxyl groups excluding tert-OH is 1. The van der Waals surface area contributed by atoms with E-state index in [4.69, 9.17) is 39.5 Å². The topological polar surface area (TPSA) is 66.8 Å². The number of amides is 1. The summed E-state index contributed by atoms with van der Waals surface area (Å²) in [5, 5.41) is 13.9. The van der Waals surface area contributed by atoms with Crippen LogP contribution in [0.25, 0.3) is 16.5 Å². The van der Waals surface area contributed by atoms with E-state index < -0.39 is 23.5 Å². The third-order valence-electron chi connectivity index (χ3n) is 6.12. The molecule has 4 aromatic rings. The van der Waals surface area contributed by atoms with Crippen molar-refractivity contribution in [1.82, 2.24) is 0 Å². The molecule has 1 atom stereocenters. The zero-order valence-electron chi connectivity index (χ0n) is 18.8. The summed E-state index contributed by atoms with van der Waals surface area (Å²) in [5.41, 5.74) is 1.18. The normalized spacial score (nSPS) is 17.1. The zero-order valence-corrected chi connectivity index (χ0v) is 21.1. The molecule has 1 heterocycles. The number of Topliss-reactive ketones (excluding diaryl/α,β-unsaturated/α-hetero) is 1. The number of benzene rings is 4. The van der Waals surface area contributed by atoms with Crippen LogP contribution >= 0.6 is 34.8 Å². The fraction of sp³-hybridized carbons (Fsp3) is 0.0714. The van der Waals surface area contributed by atoms with Gasteiger partial charge in [0.1, 0.15) is 5.76 Å². The van der Waals surface area contributed by atoms with Gasteiger partial charge in [0.25, 0.3) is 11.7 Å². The van der Waals surface area contributed by atoms with Gasteiger partial charge in [0, 0.05) is 16.3 Å². The lowest BCUT2D eigenvalue weighted by molar-refractivity contribution is -0.132. The van der Waals surface area contributed by atoms with E-state index in [2.05, 4.69) is 0 Å². The summed E-state index contributed by atoms with van der Waals surface area (Å²) in [6, 6.07) is 21.8. The van der Waals surface area contributed by atoms with E-state index in [1.165, 1.54) is 24.1 Å². The predicted molar refractivity (Wildman–Crippen MR) is 143 cm³/mol. The second-order valence-corrected chi connectivity index (χ2v) is 9.44. The van der Waals surface area contributed by atoms with E-state index in [0.29, 0.717) is 16.3 Å². The van der Waals surface area contributed by atoms with Crippen LogP contribution in [-0.4, -0.2) is 23.9 Å². The molecular weight excluding hydrogens is 521 g/mol. The lowest BCUT2D eigenvalue weighted by Crippen LogP contribution is -2.29. The second-order valence-electron chi connectivity index (χ2n) is 8.19. The molecule has 1 N–H and O–H groups in total. The van der Waals surface area contributed by atoms with Crippen LogP contribution in [0.3, 0.4) is 0 Å². The number of carbonyl (C=O) groups is 2. The molecule has 5 rings (SSSR count). The summed E-state index contributed by atoms with van der Waals surface area (Å²) < 4.78 is 5.20. The van der Waals surface area contributed by atoms with E-state index in [1.54, 1.807) is 24.3 Å². The van der Waals surface area contributed by atoms with E-state index in [-0.39, 0.29) is 26.9 Å². The molecule has 0 aromatic heterocycles. The minimum Gasteiger partial charge on any atom is -0.507 e. The summed E-state index contributed by atoms with van der Waals surface area (Å²) in [5.74, 6) is -1.79. The molecule has 1 fully saturated rings. The molecule has 1 aliphatic heterocycles. The number of nitrogens with zero attached hydrogens (tertiary/aromatic N) is 1. The first-order valence-electron chi connectivity index (χ1n) is 10.9. The van der Waals surface area contributed by atoms with Gasteiger partial charge in [-0.1, -0.05) is 83.3 Å². The Morgan fingerprint density at radius 2 is 1.56 bits per heavy atom. The summed E-state index contributed by atoms with van der Waals surface area (Å²) in [6.45, 7) is 0. The number of aliphatic hydroxyl groups is 1. The summed E-state index contributed by atoms with van der Waals surface area (Å²) >= 11 is 18.8. The monoisotopic (exact) mass is 537 g/mol. The predicted octanol–water partition coefficient (Wildman–Crippen LogP) is 7.43. The maximum atomic E-state index is 13.5. The van der Waals surface area contributed by atoms with E-state index in [9.17, 15) is 14.7 Å². The van der Waals surface area contributed by atoms with Crippen molar-refractivity contribution in [1.29, 1.82) is 0 Å². The van der Waals surface area contributed by atoms with Crippen LogP contribution < -0.4 is 9.64 Å². The van der Waals surface area contributed by atoms with Crippen LogP contribution in [-0.2, 0) is 9.59 Å². The number of fused-ring (bicyclic) bond motifs is 1. The number of methoxy groups -OCH3 is 1. The molecule has 1 saturated heterocycles. The van der Waals surface area contributed by atoms with Crippen molar-refractivity contribution in [2.75, 3.05) is 12.0 Å². The number of ketones is 1. The molecule has 1 amide bonds. The Balaban J connectivity index is 1.81. The Labute approximate surface area is 222 Å².